The van der Waals surface area contributed by atoms with E-state index >= 15 is 0 Å². The van der Waals surface area contributed by atoms with E-state index < -0.39 is 5.60 Å². The van der Waals surface area contributed by atoms with Gasteiger partial charge in [-0.1, -0.05) is 30.3 Å². The van der Waals surface area contributed by atoms with E-state index in [4.69, 9.17) is 4.74 Å². The second kappa shape index (κ2) is 5.36. The molecule has 0 amide bonds. The van der Waals surface area contributed by atoms with E-state index in [0.29, 0.717) is 6.42 Å². The normalized spacial score (nSPS) is 35.0. The molecule has 158 valence electrons. The molecule has 2 aromatic carbocycles. The number of para-hydroxylation sites is 1. The zero-order valence-electron chi connectivity index (χ0n) is 17.9. The molecule has 2 fully saturated rings. The van der Waals surface area contributed by atoms with Crippen LogP contribution in [0, 0.1) is 12.8 Å². The maximum absolute atomic E-state index is 12.8. The van der Waals surface area contributed by atoms with Crippen LogP contribution < -0.4 is 4.74 Å². The van der Waals surface area contributed by atoms with Crippen LogP contribution in [0.2, 0.25) is 0 Å². The Kier molecular flexibility index (Phi) is 2.99. The molecule has 31 heavy (non-hydrogen) atoms. The van der Waals surface area contributed by atoms with Crippen LogP contribution in [0.4, 0.5) is 0 Å². The van der Waals surface area contributed by atoms with Gasteiger partial charge in [-0.05, 0) is 67.8 Å². The molecule has 2 bridgehead atoms. The fourth-order valence-electron chi connectivity index (χ4n) is 7.72. The molecule has 3 aromatic rings. The van der Waals surface area contributed by atoms with Gasteiger partial charge in [0.1, 0.15) is 5.75 Å². The Morgan fingerprint density at radius 3 is 2.94 bits per heavy atom. The van der Waals surface area contributed by atoms with E-state index in [1.807, 2.05) is 0 Å². The summed E-state index contributed by atoms with van der Waals surface area (Å²) in [5.74, 6) is 1.87. The lowest BCUT2D eigenvalue weighted by atomic mass is 9.49. The minimum absolute atomic E-state index is 0.130. The van der Waals surface area contributed by atoms with Crippen molar-refractivity contribution in [2.75, 3.05) is 13.1 Å². The first-order valence-corrected chi connectivity index (χ1v) is 12.0. The van der Waals surface area contributed by atoms with Gasteiger partial charge in [-0.2, -0.15) is 0 Å². The number of likely N-dealkylation sites (tertiary alicyclic amines) is 1. The Labute approximate surface area is 182 Å². The molecule has 4 heteroatoms. The van der Waals surface area contributed by atoms with Crippen LogP contribution in [0.3, 0.4) is 0 Å². The van der Waals surface area contributed by atoms with Gasteiger partial charge in [0, 0.05) is 35.5 Å². The maximum atomic E-state index is 12.8. The Morgan fingerprint density at radius 2 is 2.06 bits per heavy atom. The molecule has 5 aliphatic rings. The second-order valence-electron chi connectivity index (χ2n) is 10.8. The molecule has 1 aromatic heterocycles. The number of nitrogens with one attached hydrogen (secondary N) is 1. The van der Waals surface area contributed by atoms with Crippen molar-refractivity contribution in [2.45, 2.75) is 62.2 Å². The number of aromatic nitrogens is 1. The first-order chi connectivity index (χ1) is 15.1. The largest absolute Gasteiger partial charge is 0.483 e. The van der Waals surface area contributed by atoms with Gasteiger partial charge in [0.2, 0.25) is 0 Å². The fraction of sp³-hybridized carbons (Fsp3) is 0.481. The smallest absolute Gasteiger partial charge is 0.151 e. The van der Waals surface area contributed by atoms with Gasteiger partial charge in [0.15, 0.2) is 6.10 Å². The van der Waals surface area contributed by atoms with Gasteiger partial charge in [-0.25, -0.2) is 0 Å². The van der Waals surface area contributed by atoms with Crippen molar-refractivity contribution in [1.82, 2.24) is 9.88 Å². The fourth-order valence-corrected chi connectivity index (χ4v) is 7.72. The summed E-state index contributed by atoms with van der Waals surface area (Å²) in [6, 6.07) is 13.3. The maximum Gasteiger partial charge on any atom is 0.151 e. The predicted octanol–water partition coefficient (Wildman–Crippen LogP) is 4.18. The third-order valence-electron chi connectivity index (χ3n) is 9.29. The van der Waals surface area contributed by atoms with Gasteiger partial charge >= 0.3 is 0 Å². The van der Waals surface area contributed by atoms with E-state index in [-0.39, 0.29) is 17.6 Å². The van der Waals surface area contributed by atoms with E-state index in [0.717, 1.165) is 43.1 Å². The van der Waals surface area contributed by atoms with Crippen LogP contribution in [-0.4, -0.2) is 39.7 Å². The Balaban J connectivity index is 1.43. The Bertz CT molecular complexity index is 1270. The molecule has 4 atom stereocenters. The van der Waals surface area contributed by atoms with Gasteiger partial charge < -0.3 is 14.8 Å². The summed E-state index contributed by atoms with van der Waals surface area (Å²) in [5.41, 5.74) is 6.41. The van der Waals surface area contributed by atoms with Crippen LogP contribution >= 0.6 is 0 Å². The highest BCUT2D eigenvalue weighted by Crippen LogP contribution is 2.68. The highest BCUT2D eigenvalue weighted by Gasteiger charge is 2.72. The highest BCUT2D eigenvalue weighted by molar-refractivity contribution is 5.86. The third-order valence-corrected chi connectivity index (χ3v) is 9.29. The molecule has 1 saturated carbocycles. The number of hydrogen-bond acceptors (Lipinski definition) is 3. The molecule has 8 rings (SSSR count). The van der Waals surface area contributed by atoms with Gasteiger partial charge in [-0.15, -0.1) is 0 Å². The molecule has 1 spiro atoms. The lowest BCUT2D eigenvalue weighted by molar-refractivity contribution is -0.173. The van der Waals surface area contributed by atoms with Crippen molar-refractivity contribution in [2.24, 2.45) is 5.92 Å². The molecular weight excluding hydrogens is 384 g/mol. The summed E-state index contributed by atoms with van der Waals surface area (Å²) in [4.78, 5) is 6.36. The molecular formula is C27H28N2O2. The number of ether oxygens (including phenoxy) is 1. The van der Waals surface area contributed by atoms with Crippen molar-refractivity contribution in [1.29, 1.82) is 0 Å². The van der Waals surface area contributed by atoms with E-state index in [1.165, 1.54) is 46.2 Å². The number of aromatic amines is 1. The number of H-pyrrole nitrogens is 1. The van der Waals surface area contributed by atoms with Crippen molar-refractivity contribution in [3.05, 3.63) is 64.3 Å². The van der Waals surface area contributed by atoms with E-state index in [1.54, 1.807) is 0 Å². The number of aliphatic hydroxyl groups is 1. The van der Waals surface area contributed by atoms with Crippen LogP contribution in [-0.2, 0) is 18.3 Å². The van der Waals surface area contributed by atoms with Gasteiger partial charge in [0.25, 0.3) is 0 Å². The number of piperidine rings is 1. The number of hydrogen-bond donors (Lipinski definition) is 2. The first-order valence-electron chi connectivity index (χ1n) is 12.0. The molecule has 2 N–H and O–H groups in total. The summed E-state index contributed by atoms with van der Waals surface area (Å²) in [7, 11) is 0. The molecule has 0 unspecified atom stereocenters. The zero-order valence-corrected chi connectivity index (χ0v) is 17.9. The predicted molar refractivity (Wildman–Crippen MR) is 120 cm³/mol. The zero-order chi connectivity index (χ0) is 20.5. The summed E-state index contributed by atoms with van der Waals surface area (Å²) in [5, 5.41) is 14.0. The number of aryl methyl sites for hydroxylation is 1. The average Bonchev–Trinajstić information content (AvgIpc) is 3.40. The number of benzene rings is 2. The third kappa shape index (κ3) is 1.88. The van der Waals surface area contributed by atoms with Crippen LogP contribution in [0.15, 0.2) is 36.4 Å². The van der Waals surface area contributed by atoms with E-state index in [2.05, 4.69) is 53.2 Å². The summed E-state index contributed by atoms with van der Waals surface area (Å²) >= 11 is 0. The average molecular weight is 413 g/mol. The second-order valence-corrected chi connectivity index (χ2v) is 10.8. The first kappa shape index (κ1) is 17.3. The quantitative estimate of drug-likeness (QED) is 0.664. The lowest BCUT2D eigenvalue weighted by Crippen LogP contribution is -2.74. The van der Waals surface area contributed by atoms with Crippen LogP contribution in [0.25, 0.3) is 10.9 Å². The molecule has 0 radical (unpaired) electrons. The van der Waals surface area contributed by atoms with Crippen molar-refractivity contribution in [3.8, 4) is 5.75 Å². The molecule has 2 aliphatic heterocycles. The van der Waals surface area contributed by atoms with Crippen LogP contribution in [0.1, 0.15) is 53.3 Å². The SMILES string of the molecule is Cc1ccc2c3c1O[C@H]1c4[nH]c5ccccc5c4C[C@@]4(O)[C@@H](C2)N(CC2CC2)CC[C@]314. The minimum Gasteiger partial charge on any atom is -0.483 e. The minimum atomic E-state index is -0.797. The Morgan fingerprint density at radius 1 is 1.19 bits per heavy atom. The van der Waals surface area contributed by atoms with E-state index in [9.17, 15) is 5.11 Å². The molecule has 3 aliphatic carbocycles. The lowest BCUT2D eigenvalue weighted by Gasteiger charge is -2.62. The monoisotopic (exact) mass is 412 g/mol. The number of fused-ring (bicyclic) bond motifs is 4. The summed E-state index contributed by atoms with van der Waals surface area (Å²) in [6.45, 7) is 4.36. The van der Waals surface area contributed by atoms with Crippen molar-refractivity contribution in [3.63, 3.8) is 0 Å². The summed E-state index contributed by atoms with van der Waals surface area (Å²) in [6.07, 6.45) is 5.19. The highest BCUT2D eigenvalue weighted by atomic mass is 16.5. The number of nitrogens with zero attached hydrogens (tertiary/aromatic N) is 1. The van der Waals surface area contributed by atoms with Crippen molar-refractivity contribution >= 4 is 10.9 Å². The molecule has 1 saturated heterocycles. The van der Waals surface area contributed by atoms with Crippen LogP contribution in [0.5, 0.6) is 5.75 Å². The standard InChI is InChI=1S/C27H28N2O2/c1-15-6-9-17-12-21-27(30)13-19-18-4-2-3-5-20(18)28-23(19)25-26(27,22(17)24(15)31-25)10-11-29(21)14-16-7-8-16/h2-6,9,16,21,25,28,30H,7-8,10-14H2,1H3/t21-,25+,26+,27-/m1/s1. The van der Waals surface area contributed by atoms with Gasteiger partial charge in [0.05, 0.1) is 16.7 Å². The Hall–Kier alpha value is -2.30. The number of rotatable bonds is 2. The summed E-state index contributed by atoms with van der Waals surface area (Å²) < 4.78 is 6.85. The topological polar surface area (TPSA) is 48.5 Å². The van der Waals surface area contributed by atoms with Gasteiger partial charge in [-0.3, -0.25) is 4.90 Å². The van der Waals surface area contributed by atoms with Crippen molar-refractivity contribution < 1.29 is 9.84 Å². The molecule has 3 heterocycles. The molecule has 4 nitrogen and oxygen atoms in total.